The quantitative estimate of drug-likeness (QED) is 0.877. The van der Waals surface area contributed by atoms with Gasteiger partial charge in [0.1, 0.15) is 0 Å². The summed E-state index contributed by atoms with van der Waals surface area (Å²) in [7, 11) is 0. The fourth-order valence-electron chi connectivity index (χ4n) is 2.31. The molecule has 0 aliphatic heterocycles. The number of nitrogens with zero attached hydrogens (tertiary/aromatic N) is 1. The highest BCUT2D eigenvalue weighted by Crippen LogP contribution is 2.40. The molecule has 3 rings (SSSR count). The van der Waals surface area contributed by atoms with Gasteiger partial charge >= 0.3 is 0 Å². The Morgan fingerprint density at radius 1 is 1.43 bits per heavy atom. The van der Waals surface area contributed by atoms with Crippen LogP contribution in [-0.2, 0) is 0 Å². The van der Waals surface area contributed by atoms with E-state index >= 15 is 0 Å². The van der Waals surface area contributed by atoms with Gasteiger partial charge in [-0.2, -0.15) is 0 Å². The molecule has 1 aliphatic carbocycles. The van der Waals surface area contributed by atoms with E-state index in [2.05, 4.69) is 27.9 Å². The molecule has 0 radical (unpaired) electrons. The number of benzene rings is 1. The van der Waals surface area contributed by atoms with Gasteiger partial charge in [0, 0.05) is 29.1 Å². The number of hydrogen-bond donors (Lipinski definition) is 2. The van der Waals surface area contributed by atoms with E-state index in [9.17, 15) is 4.79 Å². The number of carbonyl (C=O) groups excluding carboxylic acids is 1. The molecule has 0 unspecified atom stereocenters. The number of aryl methyl sites for hydroxylation is 1. The van der Waals surface area contributed by atoms with Gasteiger partial charge in [-0.3, -0.25) is 10.1 Å². The van der Waals surface area contributed by atoms with Gasteiger partial charge in [-0.25, -0.2) is 4.98 Å². The van der Waals surface area contributed by atoms with Crippen molar-refractivity contribution in [2.75, 3.05) is 17.2 Å². The predicted molar refractivity (Wildman–Crippen MR) is 87.4 cm³/mol. The summed E-state index contributed by atoms with van der Waals surface area (Å²) < 4.78 is 0. The predicted octanol–water partition coefficient (Wildman–Crippen LogP) is 4.01. The minimum atomic E-state index is -0.0905. The number of carbonyl (C=O) groups is 1. The number of aromatic nitrogens is 1. The van der Waals surface area contributed by atoms with Gasteiger partial charge in [0.15, 0.2) is 5.13 Å². The summed E-state index contributed by atoms with van der Waals surface area (Å²) >= 11 is 1.50. The highest BCUT2D eigenvalue weighted by molar-refractivity contribution is 7.14. The zero-order valence-corrected chi connectivity index (χ0v) is 13.1. The van der Waals surface area contributed by atoms with Crippen molar-refractivity contribution in [3.63, 3.8) is 0 Å². The molecule has 1 amide bonds. The Morgan fingerprint density at radius 2 is 2.24 bits per heavy atom. The number of rotatable bonds is 5. The third-order valence-electron chi connectivity index (χ3n) is 3.59. The summed E-state index contributed by atoms with van der Waals surface area (Å²) in [4.78, 5) is 16.8. The average Bonchev–Trinajstić information content (AvgIpc) is 3.20. The van der Waals surface area contributed by atoms with Crippen LogP contribution < -0.4 is 10.6 Å². The summed E-state index contributed by atoms with van der Waals surface area (Å²) in [5.74, 6) is 0.528. The van der Waals surface area contributed by atoms with Crippen LogP contribution in [0.25, 0.3) is 0 Å². The fourth-order valence-corrected chi connectivity index (χ4v) is 3.09. The first-order valence-corrected chi connectivity index (χ1v) is 8.16. The molecule has 4 nitrogen and oxygen atoms in total. The van der Waals surface area contributed by atoms with Gasteiger partial charge in [-0.05, 0) is 50.5 Å². The molecule has 0 atom stereocenters. The van der Waals surface area contributed by atoms with Crippen LogP contribution in [0.4, 0.5) is 10.8 Å². The van der Waals surface area contributed by atoms with Crippen molar-refractivity contribution >= 4 is 28.1 Å². The Hall–Kier alpha value is -1.88. The average molecular weight is 301 g/mol. The third kappa shape index (κ3) is 3.24. The topological polar surface area (TPSA) is 54.0 Å². The normalized spacial score (nSPS) is 14.0. The molecule has 2 N–H and O–H groups in total. The fraction of sp³-hybridized carbons (Fsp3) is 0.375. The lowest BCUT2D eigenvalue weighted by Gasteiger charge is -2.09. The molecule has 1 aromatic heterocycles. The smallest absolute Gasteiger partial charge is 0.257 e. The second kappa shape index (κ2) is 5.85. The molecule has 5 heteroatoms. The monoisotopic (exact) mass is 301 g/mol. The van der Waals surface area contributed by atoms with Gasteiger partial charge in [-0.15, -0.1) is 11.3 Å². The molecule has 2 aromatic rings. The van der Waals surface area contributed by atoms with E-state index in [1.54, 1.807) is 0 Å². The molecule has 1 aromatic carbocycles. The van der Waals surface area contributed by atoms with Gasteiger partial charge in [0.05, 0.1) is 5.69 Å². The summed E-state index contributed by atoms with van der Waals surface area (Å²) in [5.41, 5.74) is 3.82. The van der Waals surface area contributed by atoms with Crippen molar-refractivity contribution in [3.8, 4) is 0 Å². The summed E-state index contributed by atoms with van der Waals surface area (Å²) in [5, 5.41) is 8.89. The van der Waals surface area contributed by atoms with E-state index in [1.807, 2.05) is 25.1 Å². The van der Waals surface area contributed by atoms with E-state index in [0.29, 0.717) is 16.6 Å². The Balaban J connectivity index is 1.71. The lowest BCUT2D eigenvalue weighted by Crippen LogP contribution is -2.13. The number of thiazole rings is 1. The third-order valence-corrected chi connectivity index (χ3v) is 4.37. The van der Waals surface area contributed by atoms with Crippen LogP contribution in [0.5, 0.6) is 0 Å². The first-order valence-electron chi connectivity index (χ1n) is 7.28. The second-order valence-corrected chi connectivity index (χ2v) is 6.22. The van der Waals surface area contributed by atoms with E-state index in [-0.39, 0.29) is 5.91 Å². The molecule has 0 spiro atoms. The van der Waals surface area contributed by atoms with Crippen molar-refractivity contribution in [2.24, 2.45) is 0 Å². The Bertz CT molecular complexity index is 661. The lowest BCUT2D eigenvalue weighted by molar-refractivity contribution is 0.102. The number of hydrogen-bond acceptors (Lipinski definition) is 4. The summed E-state index contributed by atoms with van der Waals surface area (Å²) in [6, 6.07) is 5.79. The molecule has 1 saturated carbocycles. The molecule has 110 valence electrons. The standard InChI is InChI=1S/C16H19N3OS/c1-3-17-12-6-7-13(10(2)8-12)15(20)19-16-18-14(9-21-16)11-4-5-11/h6-9,11,17H,3-5H2,1-2H3,(H,18,19,20). The summed E-state index contributed by atoms with van der Waals surface area (Å²) in [6.45, 7) is 4.87. The highest BCUT2D eigenvalue weighted by Gasteiger charge is 2.26. The first kappa shape index (κ1) is 14.1. The molecule has 1 aliphatic rings. The maximum absolute atomic E-state index is 12.3. The molecular weight excluding hydrogens is 282 g/mol. The second-order valence-electron chi connectivity index (χ2n) is 5.37. The van der Waals surface area contributed by atoms with Crippen LogP contribution in [0.2, 0.25) is 0 Å². The van der Waals surface area contributed by atoms with Gasteiger partial charge < -0.3 is 5.32 Å². The van der Waals surface area contributed by atoms with E-state index < -0.39 is 0 Å². The van der Waals surface area contributed by atoms with Crippen LogP contribution in [-0.4, -0.2) is 17.4 Å². The number of anilines is 2. The first-order chi connectivity index (χ1) is 10.2. The van der Waals surface area contributed by atoms with Crippen LogP contribution >= 0.6 is 11.3 Å². The van der Waals surface area contributed by atoms with Gasteiger partial charge in [0.2, 0.25) is 0 Å². The van der Waals surface area contributed by atoms with E-state index in [4.69, 9.17) is 0 Å². The van der Waals surface area contributed by atoms with Crippen molar-refractivity contribution in [1.29, 1.82) is 0 Å². The van der Waals surface area contributed by atoms with Crippen molar-refractivity contribution in [3.05, 3.63) is 40.4 Å². The van der Waals surface area contributed by atoms with Gasteiger partial charge in [-0.1, -0.05) is 0 Å². The van der Waals surface area contributed by atoms with E-state index in [1.165, 1.54) is 24.2 Å². The van der Waals surface area contributed by atoms with E-state index in [0.717, 1.165) is 23.5 Å². The van der Waals surface area contributed by atoms with Crippen molar-refractivity contribution < 1.29 is 4.79 Å². The number of amides is 1. The zero-order chi connectivity index (χ0) is 14.8. The molecule has 1 heterocycles. The molecular formula is C16H19N3OS. The maximum atomic E-state index is 12.3. The van der Waals surface area contributed by atoms with Gasteiger partial charge in [0.25, 0.3) is 5.91 Å². The minimum Gasteiger partial charge on any atom is -0.385 e. The Morgan fingerprint density at radius 3 is 2.90 bits per heavy atom. The number of nitrogens with one attached hydrogen (secondary N) is 2. The Kier molecular flexibility index (Phi) is 3.92. The summed E-state index contributed by atoms with van der Waals surface area (Å²) in [6.07, 6.45) is 2.45. The minimum absolute atomic E-state index is 0.0905. The van der Waals surface area contributed by atoms with Crippen LogP contribution in [0.3, 0.4) is 0 Å². The van der Waals surface area contributed by atoms with Crippen LogP contribution in [0, 0.1) is 6.92 Å². The highest BCUT2D eigenvalue weighted by atomic mass is 32.1. The lowest BCUT2D eigenvalue weighted by atomic mass is 10.1. The maximum Gasteiger partial charge on any atom is 0.257 e. The molecule has 21 heavy (non-hydrogen) atoms. The van der Waals surface area contributed by atoms with Crippen LogP contribution in [0.15, 0.2) is 23.6 Å². The SMILES string of the molecule is CCNc1ccc(C(=O)Nc2nc(C3CC3)cs2)c(C)c1. The van der Waals surface area contributed by atoms with Crippen LogP contribution in [0.1, 0.15) is 47.3 Å². The molecule has 0 bridgehead atoms. The van der Waals surface area contributed by atoms with Crippen molar-refractivity contribution in [2.45, 2.75) is 32.6 Å². The van der Waals surface area contributed by atoms with Crippen molar-refractivity contribution in [1.82, 2.24) is 4.98 Å². The molecule has 0 saturated heterocycles. The largest absolute Gasteiger partial charge is 0.385 e. The molecule has 1 fully saturated rings. The zero-order valence-electron chi connectivity index (χ0n) is 12.3. The Labute approximate surface area is 128 Å².